The zero-order valence-electron chi connectivity index (χ0n) is 5.50. The van der Waals surface area contributed by atoms with Gasteiger partial charge >= 0.3 is 6.09 Å². The third-order valence-electron chi connectivity index (χ3n) is 1.65. The fourth-order valence-corrected chi connectivity index (χ4v) is 0.896. The Balaban J connectivity index is 2.08. The quantitative estimate of drug-likeness (QED) is 0.548. The minimum Gasteiger partial charge on any atom is -0.465 e. The fourth-order valence-electron chi connectivity index (χ4n) is 0.896. The molecule has 1 amide bonds. The normalized spacial score (nSPS) is 28.7. The first-order valence-corrected chi connectivity index (χ1v) is 3.17. The summed E-state index contributed by atoms with van der Waals surface area (Å²) in [5.74, 6) is 3.28. The zero-order valence-corrected chi connectivity index (χ0v) is 5.50. The van der Waals surface area contributed by atoms with Gasteiger partial charge in [0.1, 0.15) is 0 Å². The number of hydrogen-bond acceptors (Lipinski definition) is 1. The Hall–Kier alpha value is -1.17. The average Bonchev–Trinajstić information content (AvgIpc) is 2.61. The molecule has 1 aliphatic carbocycles. The smallest absolute Gasteiger partial charge is 0.404 e. The van der Waals surface area contributed by atoms with Gasteiger partial charge < -0.3 is 10.4 Å². The van der Waals surface area contributed by atoms with Crippen LogP contribution in [0.5, 0.6) is 0 Å². The van der Waals surface area contributed by atoms with Gasteiger partial charge in [-0.05, 0) is 12.3 Å². The zero-order chi connectivity index (χ0) is 7.56. The number of carbonyl (C=O) groups is 1. The molecule has 0 aromatic heterocycles. The third kappa shape index (κ3) is 1.66. The van der Waals surface area contributed by atoms with Gasteiger partial charge in [-0.25, -0.2) is 4.79 Å². The van der Waals surface area contributed by atoms with Crippen LogP contribution in [0.25, 0.3) is 0 Å². The largest absolute Gasteiger partial charge is 0.465 e. The Bertz CT molecular complexity index is 183. The van der Waals surface area contributed by atoms with E-state index in [0.29, 0.717) is 18.4 Å². The molecule has 1 fully saturated rings. The second kappa shape index (κ2) is 2.61. The van der Waals surface area contributed by atoms with Crippen LogP contribution in [0.1, 0.15) is 6.42 Å². The molecule has 0 saturated heterocycles. The van der Waals surface area contributed by atoms with Crippen molar-refractivity contribution in [3.05, 3.63) is 0 Å². The van der Waals surface area contributed by atoms with E-state index in [2.05, 4.69) is 11.2 Å². The van der Waals surface area contributed by atoms with Gasteiger partial charge in [0, 0.05) is 12.5 Å². The minimum atomic E-state index is -0.970. The minimum absolute atomic E-state index is 0.312. The Kier molecular flexibility index (Phi) is 1.81. The van der Waals surface area contributed by atoms with Crippen molar-refractivity contribution >= 4 is 6.09 Å². The summed E-state index contributed by atoms with van der Waals surface area (Å²) in [7, 11) is 0. The standard InChI is InChI=1S/C7H9NO2/c1-2-5-3-6(5)4-8-7(9)10/h1,5-6,8H,3-4H2,(H,9,10)/t5-,6+/m1/s1. The maximum atomic E-state index is 9.96. The van der Waals surface area contributed by atoms with Crippen LogP contribution in [0.15, 0.2) is 0 Å². The first kappa shape index (κ1) is 6.94. The summed E-state index contributed by atoms with van der Waals surface area (Å²) in [6.07, 6.45) is 5.10. The molecule has 54 valence electrons. The van der Waals surface area contributed by atoms with E-state index < -0.39 is 6.09 Å². The number of nitrogens with one attached hydrogen (secondary N) is 1. The fraction of sp³-hybridized carbons (Fsp3) is 0.571. The molecule has 2 N–H and O–H groups in total. The summed E-state index contributed by atoms with van der Waals surface area (Å²) in [5.41, 5.74) is 0. The van der Waals surface area contributed by atoms with Crippen LogP contribution < -0.4 is 5.32 Å². The molecule has 1 aliphatic rings. The third-order valence-corrected chi connectivity index (χ3v) is 1.65. The predicted molar refractivity (Wildman–Crippen MR) is 36.5 cm³/mol. The lowest BCUT2D eigenvalue weighted by atomic mass is 10.3. The molecule has 0 aromatic rings. The molecule has 0 aliphatic heterocycles. The SMILES string of the molecule is C#C[C@@H]1C[C@H]1CNC(=O)O. The van der Waals surface area contributed by atoms with Crippen LogP contribution in [0.4, 0.5) is 4.79 Å². The molecule has 0 unspecified atom stereocenters. The maximum absolute atomic E-state index is 9.96. The van der Waals surface area contributed by atoms with Crippen molar-refractivity contribution in [1.82, 2.24) is 5.32 Å². The van der Waals surface area contributed by atoms with E-state index in [1.807, 2.05) is 0 Å². The van der Waals surface area contributed by atoms with E-state index in [-0.39, 0.29) is 0 Å². The van der Waals surface area contributed by atoms with Crippen molar-refractivity contribution in [2.24, 2.45) is 11.8 Å². The molecule has 2 atom stereocenters. The molecule has 0 heterocycles. The van der Waals surface area contributed by atoms with Gasteiger partial charge in [-0.15, -0.1) is 12.3 Å². The highest BCUT2D eigenvalue weighted by Crippen LogP contribution is 2.36. The monoisotopic (exact) mass is 139 g/mol. The molecule has 0 radical (unpaired) electrons. The van der Waals surface area contributed by atoms with Crippen molar-refractivity contribution in [3.8, 4) is 12.3 Å². The van der Waals surface area contributed by atoms with E-state index in [4.69, 9.17) is 11.5 Å². The molecule has 10 heavy (non-hydrogen) atoms. The highest BCUT2D eigenvalue weighted by Gasteiger charge is 2.35. The van der Waals surface area contributed by atoms with E-state index in [0.717, 1.165) is 6.42 Å². The molecule has 0 spiro atoms. The first-order valence-electron chi connectivity index (χ1n) is 3.17. The van der Waals surface area contributed by atoms with Crippen LogP contribution in [-0.2, 0) is 0 Å². The lowest BCUT2D eigenvalue weighted by molar-refractivity contribution is 0.194. The van der Waals surface area contributed by atoms with E-state index in [1.54, 1.807) is 0 Å². The number of amides is 1. The number of carboxylic acid groups (broad SMARTS) is 1. The molecule has 0 aromatic carbocycles. The number of terminal acetylenes is 1. The highest BCUT2D eigenvalue weighted by molar-refractivity contribution is 5.64. The number of hydrogen-bond donors (Lipinski definition) is 2. The van der Waals surface area contributed by atoms with Gasteiger partial charge in [0.2, 0.25) is 0 Å². The highest BCUT2D eigenvalue weighted by atomic mass is 16.4. The second-order valence-corrected chi connectivity index (χ2v) is 2.45. The van der Waals surface area contributed by atoms with Gasteiger partial charge in [0.05, 0.1) is 0 Å². The number of rotatable bonds is 2. The van der Waals surface area contributed by atoms with Gasteiger partial charge in [-0.3, -0.25) is 0 Å². The molecular formula is C7H9NO2. The molecule has 0 bridgehead atoms. The van der Waals surface area contributed by atoms with Crippen molar-refractivity contribution in [3.63, 3.8) is 0 Å². The Morgan fingerprint density at radius 1 is 1.90 bits per heavy atom. The van der Waals surface area contributed by atoms with Gasteiger partial charge in [0.25, 0.3) is 0 Å². The molecular weight excluding hydrogens is 130 g/mol. The second-order valence-electron chi connectivity index (χ2n) is 2.45. The maximum Gasteiger partial charge on any atom is 0.404 e. The molecule has 1 rings (SSSR count). The lowest BCUT2D eigenvalue weighted by Crippen LogP contribution is -2.23. The van der Waals surface area contributed by atoms with Crippen LogP contribution >= 0.6 is 0 Å². The van der Waals surface area contributed by atoms with Crippen LogP contribution in [0, 0.1) is 24.2 Å². The lowest BCUT2D eigenvalue weighted by Gasteiger charge is -1.95. The van der Waals surface area contributed by atoms with E-state index >= 15 is 0 Å². The average molecular weight is 139 g/mol. The molecule has 3 heteroatoms. The summed E-state index contributed by atoms with van der Waals surface area (Å²) >= 11 is 0. The van der Waals surface area contributed by atoms with Crippen molar-refractivity contribution in [1.29, 1.82) is 0 Å². The molecule has 1 saturated carbocycles. The van der Waals surface area contributed by atoms with Gasteiger partial charge in [-0.1, -0.05) is 0 Å². The molecule has 3 nitrogen and oxygen atoms in total. The van der Waals surface area contributed by atoms with Crippen LogP contribution in [-0.4, -0.2) is 17.7 Å². The summed E-state index contributed by atoms with van der Waals surface area (Å²) in [6.45, 7) is 0.504. The summed E-state index contributed by atoms with van der Waals surface area (Å²) in [6, 6.07) is 0. The Labute approximate surface area is 59.4 Å². The summed E-state index contributed by atoms with van der Waals surface area (Å²) in [5, 5.41) is 10.5. The topological polar surface area (TPSA) is 49.3 Å². The van der Waals surface area contributed by atoms with E-state index in [9.17, 15) is 4.79 Å². The van der Waals surface area contributed by atoms with E-state index in [1.165, 1.54) is 0 Å². The van der Waals surface area contributed by atoms with Crippen LogP contribution in [0.2, 0.25) is 0 Å². The van der Waals surface area contributed by atoms with Crippen molar-refractivity contribution < 1.29 is 9.90 Å². The predicted octanol–water partition coefficient (Wildman–Crippen LogP) is 0.523. The summed E-state index contributed by atoms with van der Waals surface area (Å²) in [4.78, 5) is 9.96. The first-order chi connectivity index (χ1) is 4.74. The van der Waals surface area contributed by atoms with Crippen molar-refractivity contribution in [2.75, 3.05) is 6.54 Å². The van der Waals surface area contributed by atoms with Gasteiger partial charge in [0.15, 0.2) is 0 Å². The Morgan fingerprint density at radius 2 is 2.60 bits per heavy atom. The Morgan fingerprint density at radius 3 is 3.00 bits per heavy atom. The summed E-state index contributed by atoms with van der Waals surface area (Å²) < 4.78 is 0. The van der Waals surface area contributed by atoms with Gasteiger partial charge in [-0.2, -0.15) is 0 Å². The van der Waals surface area contributed by atoms with Crippen LogP contribution in [0.3, 0.4) is 0 Å². The van der Waals surface area contributed by atoms with Crippen molar-refractivity contribution in [2.45, 2.75) is 6.42 Å².